The zero-order valence-electron chi connectivity index (χ0n) is 20.0. The van der Waals surface area contributed by atoms with E-state index in [-0.39, 0.29) is 17.9 Å². The van der Waals surface area contributed by atoms with Crippen LogP contribution in [0.1, 0.15) is 85.0 Å². The molecule has 0 bridgehead atoms. The molecule has 5 heteroatoms. The minimum atomic E-state index is -0.673. The molecule has 5 N–H and O–H groups in total. The Morgan fingerprint density at radius 2 is 1.81 bits per heavy atom. The van der Waals surface area contributed by atoms with Crippen LogP contribution in [0.5, 0.6) is 0 Å². The van der Waals surface area contributed by atoms with E-state index in [0.29, 0.717) is 53.5 Å². The van der Waals surface area contributed by atoms with Crippen molar-refractivity contribution in [1.29, 1.82) is 0 Å². The minimum Gasteiger partial charge on any atom is -0.481 e. The van der Waals surface area contributed by atoms with Gasteiger partial charge in [-0.15, -0.1) is 0 Å². The van der Waals surface area contributed by atoms with Crippen molar-refractivity contribution in [3.8, 4) is 0 Å². The van der Waals surface area contributed by atoms with Gasteiger partial charge in [-0.05, 0) is 104 Å². The molecule has 31 heavy (non-hydrogen) atoms. The molecule has 178 valence electrons. The van der Waals surface area contributed by atoms with Crippen molar-refractivity contribution in [2.24, 2.45) is 52.1 Å². The van der Waals surface area contributed by atoms with Crippen LogP contribution in [0, 0.1) is 46.3 Å². The molecule has 0 aromatic rings. The number of fused-ring (bicyclic) bond motifs is 5. The van der Waals surface area contributed by atoms with Crippen LogP contribution in [0.25, 0.3) is 0 Å². The van der Waals surface area contributed by atoms with E-state index in [9.17, 15) is 9.90 Å². The first-order valence-corrected chi connectivity index (χ1v) is 13.0. The van der Waals surface area contributed by atoms with Crippen molar-refractivity contribution in [2.75, 3.05) is 13.1 Å². The quantitative estimate of drug-likeness (QED) is 0.485. The number of carbonyl (C=O) groups is 1. The first-order chi connectivity index (χ1) is 14.7. The molecular formula is C26H46N2O3. The lowest BCUT2D eigenvalue weighted by Gasteiger charge is -2.62. The third-order valence-electron chi connectivity index (χ3n) is 10.8. The fourth-order valence-electron chi connectivity index (χ4n) is 9.22. The summed E-state index contributed by atoms with van der Waals surface area (Å²) in [4.78, 5) is 11.1. The van der Waals surface area contributed by atoms with E-state index < -0.39 is 5.97 Å². The van der Waals surface area contributed by atoms with Gasteiger partial charge in [-0.3, -0.25) is 4.79 Å². The zero-order chi connectivity index (χ0) is 22.4. The second-order valence-corrected chi connectivity index (χ2v) is 12.1. The van der Waals surface area contributed by atoms with Gasteiger partial charge in [0, 0.05) is 25.6 Å². The molecule has 4 fully saturated rings. The molecule has 4 unspecified atom stereocenters. The number of aliphatic carboxylic acids is 1. The van der Waals surface area contributed by atoms with E-state index in [1.807, 2.05) is 0 Å². The van der Waals surface area contributed by atoms with Gasteiger partial charge in [-0.25, -0.2) is 0 Å². The number of hydrogen-bond donors (Lipinski definition) is 4. The topological polar surface area (TPSA) is 95.6 Å². The first-order valence-electron chi connectivity index (χ1n) is 13.0. The van der Waals surface area contributed by atoms with Crippen molar-refractivity contribution in [1.82, 2.24) is 5.32 Å². The largest absolute Gasteiger partial charge is 0.481 e. The summed E-state index contributed by atoms with van der Waals surface area (Å²) < 4.78 is 0. The van der Waals surface area contributed by atoms with Crippen molar-refractivity contribution >= 4 is 5.97 Å². The highest BCUT2D eigenvalue weighted by atomic mass is 16.4. The fourth-order valence-corrected chi connectivity index (χ4v) is 9.22. The van der Waals surface area contributed by atoms with Crippen molar-refractivity contribution in [3.05, 3.63) is 0 Å². The van der Waals surface area contributed by atoms with Crippen LogP contribution in [-0.2, 0) is 4.79 Å². The van der Waals surface area contributed by atoms with Crippen LogP contribution in [0.2, 0.25) is 0 Å². The highest BCUT2D eigenvalue weighted by molar-refractivity contribution is 5.66. The van der Waals surface area contributed by atoms with Gasteiger partial charge in [0.05, 0.1) is 6.10 Å². The summed E-state index contributed by atoms with van der Waals surface area (Å²) >= 11 is 0. The lowest BCUT2D eigenvalue weighted by molar-refractivity contribution is -0.167. The molecule has 0 saturated heterocycles. The van der Waals surface area contributed by atoms with Crippen LogP contribution in [0.4, 0.5) is 0 Å². The summed E-state index contributed by atoms with van der Waals surface area (Å²) in [5, 5.41) is 24.3. The van der Waals surface area contributed by atoms with Crippen LogP contribution >= 0.6 is 0 Å². The molecule has 4 saturated carbocycles. The maximum absolute atomic E-state index is 11.5. The molecular weight excluding hydrogens is 388 g/mol. The van der Waals surface area contributed by atoms with Crippen LogP contribution < -0.4 is 11.1 Å². The van der Waals surface area contributed by atoms with Crippen LogP contribution in [0.3, 0.4) is 0 Å². The zero-order valence-corrected chi connectivity index (χ0v) is 20.0. The smallest absolute Gasteiger partial charge is 0.303 e. The van der Waals surface area contributed by atoms with Gasteiger partial charge in [0.15, 0.2) is 0 Å². The number of hydrogen-bond acceptors (Lipinski definition) is 4. The molecule has 0 aliphatic heterocycles. The predicted octanol–water partition coefficient (Wildman–Crippen LogP) is 4.03. The second kappa shape index (κ2) is 8.95. The minimum absolute atomic E-state index is 0.172. The van der Waals surface area contributed by atoms with Gasteiger partial charge >= 0.3 is 5.97 Å². The maximum atomic E-state index is 11.5. The standard InChI is InChI=1S/C26H46N2O3/c1-16(4-7-23(30)31)19-5-6-20-24-21(9-11-26(19,20)3)25(2)10-8-18(28-13-12-27)14-17(25)15-22(24)29/h16-22,24,28-29H,4-15,27H2,1-3H3,(H,30,31)/t16-,17+,18+,19?,20?,21?,22-,24?,25+,26-/m1/s1. The molecule has 4 aliphatic rings. The molecule has 10 atom stereocenters. The van der Waals surface area contributed by atoms with Crippen molar-refractivity contribution in [2.45, 2.75) is 97.1 Å². The Morgan fingerprint density at radius 1 is 1.10 bits per heavy atom. The third-order valence-corrected chi connectivity index (χ3v) is 10.8. The van der Waals surface area contributed by atoms with E-state index in [2.05, 4.69) is 26.1 Å². The average Bonchev–Trinajstić information content (AvgIpc) is 3.08. The van der Waals surface area contributed by atoms with E-state index >= 15 is 0 Å². The van der Waals surface area contributed by atoms with Gasteiger partial charge in [0.25, 0.3) is 0 Å². The lowest BCUT2D eigenvalue weighted by Crippen LogP contribution is -2.59. The highest BCUT2D eigenvalue weighted by Gasteiger charge is 2.62. The van der Waals surface area contributed by atoms with Crippen LogP contribution in [0.15, 0.2) is 0 Å². The van der Waals surface area contributed by atoms with Gasteiger partial charge in [-0.2, -0.15) is 0 Å². The fraction of sp³-hybridized carbons (Fsp3) is 0.962. The molecule has 0 amide bonds. The highest BCUT2D eigenvalue weighted by Crippen LogP contribution is 2.68. The molecule has 4 rings (SSSR count). The van der Waals surface area contributed by atoms with Crippen molar-refractivity contribution in [3.63, 3.8) is 0 Å². The second-order valence-electron chi connectivity index (χ2n) is 12.1. The Hall–Kier alpha value is -0.650. The first kappa shape index (κ1) is 23.5. The monoisotopic (exact) mass is 434 g/mol. The number of aliphatic hydroxyl groups excluding tert-OH is 1. The van der Waals surface area contributed by atoms with E-state index in [1.165, 1.54) is 44.9 Å². The predicted molar refractivity (Wildman–Crippen MR) is 123 cm³/mol. The molecule has 0 heterocycles. The number of aliphatic hydroxyl groups is 1. The molecule has 4 aliphatic carbocycles. The third kappa shape index (κ3) is 4.08. The summed E-state index contributed by atoms with van der Waals surface area (Å²) in [6, 6.07) is 0.560. The van der Waals surface area contributed by atoms with E-state index in [0.717, 1.165) is 19.4 Å². The number of rotatable bonds is 7. The number of carboxylic acid groups (broad SMARTS) is 1. The van der Waals surface area contributed by atoms with Crippen LogP contribution in [-0.4, -0.2) is 41.4 Å². The summed E-state index contributed by atoms with van der Waals surface area (Å²) in [5.41, 5.74) is 6.34. The van der Waals surface area contributed by atoms with Gasteiger partial charge in [-0.1, -0.05) is 20.8 Å². The summed E-state index contributed by atoms with van der Waals surface area (Å²) in [6.07, 6.45) is 10.5. The Kier molecular flexibility index (Phi) is 6.78. The molecule has 5 nitrogen and oxygen atoms in total. The van der Waals surface area contributed by atoms with E-state index in [4.69, 9.17) is 10.8 Å². The van der Waals surface area contributed by atoms with Gasteiger partial charge in [0.2, 0.25) is 0 Å². The Bertz CT molecular complexity index is 657. The molecule has 0 radical (unpaired) electrons. The normalized spacial score (nSPS) is 47.8. The number of carboxylic acids is 1. The Labute approximate surface area is 188 Å². The SMILES string of the molecule is C[C@H](CCC(=O)O)C1CCC2C3C(CC[C@@]21C)[C@@]1(C)CC[C@H](NCCN)C[C@H]1C[C@H]3O. The summed E-state index contributed by atoms with van der Waals surface area (Å²) in [7, 11) is 0. The number of nitrogens with two attached hydrogens (primary N) is 1. The molecule has 0 aromatic heterocycles. The van der Waals surface area contributed by atoms with E-state index in [1.54, 1.807) is 0 Å². The molecule has 0 spiro atoms. The molecule has 0 aromatic carbocycles. The number of nitrogens with one attached hydrogen (secondary N) is 1. The van der Waals surface area contributed by atoms with Gasteiger partial charge in [0.1, 0.15) is 0 Å². The van der Waals surface area contributed by atoms with Crippen molar-refractivity contribution < 1.29 is 15.0 Å². The maximum Gasteiger partial charge on any atom is 0.303 e. The Balaban J connectivity index is 1.50. The Morgan fingerprint density at radius 3 is 2.52 bits per heavy atom. The average molecular weight is 435 g/mol. The summed E-state index contributed by atoms with van der Waals surface area (Å²) in [5.74, 6) is 2.68. The lowest BCUT2D eigenvalue weighted by atomic mass is 9.43. The van der Waals surface area contributed by atoms with Gasteiger partial charge < -0.3 is 21.3 Å². The summed E-state index contributed by atoms with van der Waals surface area (Å²) in [6.45, 7) is 8.89.